The fourth-order valence-corrected chi connectivity index (χ4v) is 1.58. The predicted octanol–water partition coefficient (Wildman–Crippen LogP) is 0.821. The van der Waals surface area contributed by atoms with Crippen molar-refractivity contribution in [2.24, 2.45) is 11.7 Å². The molecule has 1 rings (SSSR count). The molecule has 5 heteroatoms. The summed E-state index contributed by atoms with van der Waals surface area (Å²) in [5.74, 6) is 0.343. The van der Waals surface area contributed by atoms with E-state index in [9.17, 15) is 4.79 Å². The third-order valence-electron chi connectivity index (χ3n) is 2.31. The second-order valence-electron chi connectivity index (χ2n) is 4.47. The number of nitrogens with zero attached hydrogens (tertiary/aromatic N) is 1. The molecular weight excluding hydrogens is 204 g/mol. The number of hydrogen-bond acceptors (Lipinski definition) is 3. The third kappa shape index (κ3) is 3.66. The fourth-order valence-electron chi connectivity index (χ4n) is 1.58. The van der Waals surface area contributed by atoms with Crippen LogP contribution in [0.25, 0.3) is 0 Å². The predicted molar refractivity (Wildman–Crippen MR) is 63.1 cm³/mol. The lowest BCUT2D eigenvalue weighted by Gasteiger charge is -2.17. The molecule has 1 heterocycles. The highest BCUT2D eigenvalue weighted by atomic mass is 16.2. The van der Waals surface area contributed by atoms with Crippen LogP contribution < -0.4 is 11.1 Å². The van der Waals surface area contributed by atoms with Gasteiger partial charge in [-0.05, 0) is 25.3 Å². The smallest absolute Gasteiger partial charge is 0.272 e. The minimum absolute atomic E-state index is 0.0181. The van der Waals surface area contributed by atoms with E-state index in [0.717, 1.165) is 12.1 Å². The largest absolute Gasteiger partial charge is 0.347 e. The van der Waals surface area contributed by atoms with Crippen molar-refractivity contribution in [2.45, 2.75) is 33.2 Å². The Morgan fingerprint density at radius 1 is 1.62 bits per heavy atom. The lowest BCUT2D eigenvalue weighted by atomic mass is 10.0. The van der Waals surface area contributed by atoms with Crippen molar-refractivity contribution in [3.05, 3.63) is 17.5 Å². The molecule has 0 aliphatic rings. The van der Waals surface area contributed by atoms with Crippen LogP contribution in [0.4, 0.5) is 0 Å². The Bertz CT molecular complexity index is 346. The summed E-state index contributed by atoms with van der Waals surface area (Å²) in [6, 6.07) is 1.74. The molecule has 1 amide bonds. The molecule has 1 aromatic heterocycles. The van der Waals surface area contributed by atoms with E-state index >= 15 is 0 Å². The number of aromatic nitrogens is 2. The molecule has 0 aromatic carbocycles. The molecule has 0 bridgehead atoms. The van der Waals surface area contributed by atoms with Crippen LogP contribution in [0.2, 0.25) is 0 Å². The molecule has 0 spiro atoms. The normalized spacial score (nSPS) is 12.8. The van der Waals surface area contributed by atoms with E-state index in [1.165, 1.54) is 0 Å². The fraction of sp³-hybridized carbons (Fsp3) is 0.636. The maximum atomic E-state index is 11.8. The second kappa shape index (κ2) is 5.65. The van der Waals surface area contributed by atoms with Gasteiger partial charge < -0.3 is 11.1 Å². The average molecular weight is 224 g/mol. The first-order valence-corrected chi connectivity index (χ1v) is 5.56. The number of carbonyl (C=O) groups excluding carboxylic acids is 1. The number of rotatable bonds is 5. The lowest BCUT2D eigenvalue weighted by molar-refractivity contribution is 0.0928. The van der Waals surface area contributed by atoms with E-state index in [-0.39, 0.29) is 11.9 Å². The van der Waals surface area contributed by atoms with E-state index < -0.39 is 0 Å². The molecule has 5 nitrogen and oxygen atoms in total. The molecular formula is C11H20N4O. The number of nitrogens with one attached hydrogen (secondary N) is 2. The van der Waals surface area contributed by atoms with E-state index in [1.54, 1.807) is 6.07 Å². The summed E-state index contributed by atoms with van der Waals surface area (Å²) < 4.78 is 0. The van der Waals surface area contributed by atoms with Gasteiger partial charge in [-0.3, -0.25) is 9.89 Å². The third-order valence-corrected chi connectivity index (χ3v) is 2.31. The highest BCUT2D eigenvalue weighted by molar-refractivity contribution is 5.92. The van der Waals surface area contributed by atoms with Crippen LogP contribution in [0.1, 0.15) is 36.5 Å². The van der Waals surface area contributed by atoms with Gasteiger partial charge >= 0.3 is 0 Å². The van der Waals surface area contributed by atoms with Gasteiger partial charge in [-0.1, -0.05) is 13.8 Å². The van der Waals surface area contributed by atoms with E-state index in [1.807, 2.05) is 6.92 Å². The lowest BCUT2D eigenvalue weighted by Crippen LogP contribution is -2.41. The van der Waals surface area contributed by atoms with E-state index in [4.69, 9.17) is 5.73 Å². The van der Waals surface area contributed by atoms with Crippen LogP contribution >= 0.6 is 0 Å². The Labute approximate surface area is 95.8 Å². The number of amides is 1. The van der Waals surface area contributed by atoms with Crippen LogP contribution in [0, 0.1) is 12.8 Å². The van der Waals surface area contributed by atoms with Crippen molar-refractivity contribution in [3.8, 4) is 0 Å². The maximum Gasteiger partial charge on any atom is 0.272 e. The van der Waals surface area contributed by atoms with Gasteiger partial charge in [-0.2, -0.15) is 5.10 Å². The molecule has 0 aliphatic carbocycles. The van der Waals surface area contributed by atoms with Gasteiger partial charge in [0.2, 0.25) is 0 Å². The minimum atomic E-state index is -0.166. The maximum absolute atomic E-state index is 11.8. The van der Waals surface area contributed by atoms with Gasteiger partial charge in [0.15, 0.2) is 0 Å². The molecule has 90 valence electrons. The zero-order chi connectivity index (χ0) is 12.1. The monoisotopic (exact) mass is 224 g/mol. The van der Waals surface area contributed by atoms with Crippen LogP contribution in [0.15, 0.2) is 6.07 Å². The number of carbonyl (C=O) groups is 1. The van der Waals surface area contributed by atoms with Crippen molar-refractivity contribution in [1.82, 2.24) is 15.5 Å². The zero-order valence-corrected chi connectivity index (χ0v) is 10.1. The summed E-state index contributed by atoms with van der Waals surface area (Å²) in [6.45, 7) is 6.52. The average Bonchev–Trinajstić information content (AvgIpc) is 2.63. The van der Waals surface area contributed by atoms with Crippen molar-refractivity contribution in [1.29, 1.82) is 0 Å². The summed E-state index contributed by atoms with van der Waals surface area (Å²) in [4.78, 5) is 11.8. The summed E-state index contributed by atoms with van der Waals surface area (Å²) in [5, 5.41) is 9.53. The SMILES string of the molecule is Cc1cc(C(=O)NC(CN)CC(C)C)n[nH]1. The number of H-pyrrole nitrogens is 1. The van der Waals surface area contributed by atoms with Gasteiger partial charge in [0.1, 0.15) is 5.69 Å². The summed E-state index contributed by atoms with van der Waals surface area (Å²) in [6.07, 6.45) is 0.881. The molecule has 1 aromatic rings. The van der Waals surface area contributed by atoms with Crippen LogP contribution in [0.5, 0.6) is 0 Å². The molecule has 0 aliphatic heterocycles. The Kier molecular flexibility index (Phi) is 4.49. The second-order valence-corrected chi connectivity index (χ2v) is 4.47. The highest BCUT2D eigenvalue weighted by Gasteiger charge is 2.15. The van der Waals surface area contributed by atoms with Gasteiger partial charge in [0, 0.05) is 18.3 Å². The Morgan fingerprint density at radius 2 is 2.31 bits per heavy atom. The van der Waals surface area contributed by atoms with E-state index in [0.29, 0.717) is 18.2 Å². The molecule has 1 unspecified atom stereocenters. The summed E-state index contributed by atoms with van der Waals surface area (Å²) in [5.41, 5.74) is 6.90. The highest BCUT2D eigenvalue weighted by Crippen LogP contribution is 2.05. The molecule has 4 N–H and O–H groups in total. The van der Waals surface area contributed by atoms with Gasteiger partial charge in [0.25, 0.3) is 5.91 Å². The number of nitrogens with two attached hydrogens (primary N) is 1. The standard InChI is InChI=1S/C11H20N4O/c1-7(2)4-9(6-12)13-11(16)10-5-8(3)14-15-10/h5,7,9H,4,6,12H2,1-3H3,(H,13,16)(H,14,15). The minimum Gasteiger partial charge on any atom is -0.347 e. The van der Waals surface area contributed by atoms with Gasteiger partial charge in [0.05, 0.1) is 0 Å². The molecule has 0 radical (unpaired) electrons. The molecule has 0 fully saturated rings. The summed E-state index contributed by atoms with van der Waals surface area (Å²) in [7, 11) is 0. The molecule has 1 atom stereocenters. The first-order valence-electron chi connectivity index (χ1n) is 5.56. The Morgan fingerprint density at radius 3 is 2.75 bits per heavy atom. The summed E-state index contributed by atoms with van der Waals surface area (Å²) >= 11 is 0. The zero-order valence-electron chi connectivity index (χ0n) is 10.1. The Balaban J connectivity index is 2.55. The van der Waals surface area contributed by atoms with Crippen molar-refractivity contribution < 1.29 is 4.79 Å². The number of aryl methyl sites for hydroxylation is 1. The first-order chi connectivity index (χ1) is 7.52. The molecule has 16 heavy (non-hydrogen) atoms. The number of aromatic amines is 1. The molecule has 0 saturated carbocycles. The van der Waals surface area contributed by atoms with Gasteiger partial charge in [-0.25, -0.2) is 0 Å². The number of hydrogen-bond donors (Lipinski definition) is 3. The van der Waals surface area contributed by atoms with Crippen molar-refractivity contribution in [2.75, 3.05) is 6.54 Å². The van der Waals surface area contributed by atoms with Crippen LogP contribution in [0.3, 0.4) is 0 Å². The van der Waals surface area contributed by atoms with Crippen LogP contribution in [-0.4, -0.2) is 28.7 Å². The van der Waals surface area contributed by atoms with Gasteiger partial charge in [-0.15, -0.1) is 0 Å². The van der Waals surface area contributed by atoms with E-state index in [2.05, 4.69) is 29.4 Å². The first kappa shape index (κ1) is 12.7. The quantitative estimate of drug-likeness (QED) is 0.692. The van der Waals surface area contributed by atoms with Crippen LogP contribution in [-0.2, 0) is 0 Å². The van der Waals surface area contributed by atoms with Crippen molar-refractivity contribution >= 4 is 5.91 Å². The molecule has 0 saturated heterocycles. The topological polar surface area (TPSA) is 83.8 Å². The Hall–Kier alpha value is -1.36. The van der Waals surface area contributed by atoms with Crippen molar-refractivity contribution in [3.63, 3.8) is 0 Å².